The van der Waals surface area contributed by atoms with Crippen molar-refractivity contribution in [2.45, 2.75) is 5.41 Å². The fourth-order valence-corrected chi connectivity index (χ4v) is 16.5. The van der Waals surface area contributed by atoms with E-state index in [0.29, 0.717) is 0 Å². The maximum absolute atomic E-state index is 2.49. The van der Waals surface area contributed by atoms with Gasteiger partial charge in [0, 0.05) is 32.9 Å². The second-order valence-corrected chi connectivity index (χ2v) is 26.7. The van der Waals surface area contributed by atoms with Gasteiger partial charge in [-0.2, -0.15) is 0 Å². The molecular formula is C97H62N2. The van der Waals surface area contributed by atoms with E-state index in [1.54, 1.807) is 0 Å². The normalized spacial score (nSPS) is 12.8. The van der Waals surface area contributed by atoms with Gasteiger partial charge in [-0.15, -0.1) is 0 Å². The zero-order valence-corrected chi connectivity index (χ0v) is 54.2. The molecule has 18 aromatic rings. The van der Waals surface area contributed by atoms with Crippen LogP contribution in [0.15, 0.2) is 352 Å². The van der Waals surface area contributed by atoms with Crippen LogP contribution in [0.5, 0.6) is 0 Å². The number of nitrogens with zero attached hydrogens (tertiary/aromatic N) is 2. The standard InChI is InChI=1S/C97H62N2/c1-3-15-73-57-79(51-45-67(73)13-1)98-93-23-11-7-19-85(93)87-59-75(49-55-95(87)98)69-37-29-63(30-38-69)25-27-65-33-41-71(42-34-65)77-47-53-83-84-54-48-78(62-92(84)97(91(83)61-77)89-21-9-5-17-81(89)82-18-6-10-22-90(82)97)72-43-35-66(36-44-72)28-26-64-31-39-70(40-32-64)76-50-56-96-88(60-76)86-20-8-12-24-94(86)99(96)80-52-46-68-14-2-4-16-74(68)58-80/h1-62H/b27-25+,28-26+. The number of aromatic nitrogens is 2. The molecule has 460 valence electrons. The Kier molecular flexibility index (Phi) is 12.9. The Labute approximate surface area is 574 Å². The molecule has 0 atom stereocenters. The minimum atomic E-state index is -0.489. The van der Waals surface area contributed by atoms with Crippen LogP contribution in [-0.4, -0.2) is 9.13 Å². The zero-order chi connectivity index (χ0) is 65.1. The Balaban J connectivity index is 0.557. The van der Waals surface area contributed by atoms with Gasteiger partial charge in [-0.25, -0.2) is 0 Å². The van der Waals surface area contributed by atoms with Crippen molar-refractivity contribution in [2.24, 2.45) is 0 Å². The summed E-state index contributed by atoms with van der Waals surface area (Å²) in [6, 6.07) is 131. The van der Waals surface area contributed by atoms with Crippen molar-refractivity contribution in [1.29, 1.82) is 0 Å². The fraction of sp³-hybridized carbons (Fsp3) is 0.0103. The molecule has 20 rings (SSSR count). The van der Waals surface area contributed by atoms with Crippen LogP contribution in [0.1, 0.15) is 44.5 Å². The average Bonchev–Trinajstić information content (AvgIpc) is 1.51. The van der Waals surface area contributed by atoms with Crippen LogP contribution in [0.2, 0.25) is 0 Å². The lowest BCUT2D eigenvalue weighted by Crippen LogP contribution is -2.26. The predicted molar refractivity (Wildman–Crippen MR) is 419 cm³/mol. The van der Waals surface area contributed by atoms with Crippen molar-refractivity contribution in [3.05, 3.63) is 396 Å². The largest absolute Gasteiger partial charge is 0.309 e. The van der Waals surface area contributed by atoms with Gasteiger partial charge >= 0.3 is 0 Å². The molecule has 2 heterocycles. The highest BCUT2D eigenvalue weighted by Crippen LogP contribution is 2.63. The first-order valence-electron chi connectivity index (χ1n) is 34.3. The lowest BCUT2D eigenvalue weighted by Gasteiger charge is -2.31. The van der Waals surface area contributed by atoms with Crippen LogP contribution in [0.4, 0.5) is 0 Å². The first kappa shape index (κ1) is 56.5. The molecule has 0 fully saturated rings. The number of para-hydroxylation sites is 2. The van der Waals surface area contributed by atoms with Gasteiger partial charge in [0.25, 0.3) is 0 Å². The summed E-state index contributed by atoms with van der Waals surface area (Å²) in [6.45, 7) is 0. The molecule has 0 unspecified atom stereocenters. The van der Waals surface area contributed by atoms with Gasteiger partial charge in [0.15, 0.2) is 0 Å². The summed E-state index contributed by atoms with van der Waals surface area (Å²) >= 11 is 0. The molecule has 2 aromatic heterocycles. The molecule has 2 nitrogen and oxygen atoms in total. The molecule has 99 heavy (non-hydrogen) atoms. The summed E-state index contributed by atoms with van der Waals surface area (Å²) in [5.74, 6) is 0. The van der Waals surface area contributed by atoms with Gasteiger partial charge < -0.3 is 9.13 Å². The van der Waals surface area contributed by atoms with Crippen LogP contribution in [0.25, 0.3) is 168 Å². The van der Waals surface area contributed by atoms with Gasteiger partial charge in [-0.3, -0.25) is 0 Å². The highest BCUT2D eigenvalue weighted by atomic mass is 15.0. The minimum absolute atomic E-state index is 0.489. The van der Waals surface area contributed by atoms with Gasteiger partial charge in [0.05, 0.1) is 27.5 Å². The van der Waals surface area contributed by atoms with E-state index in [1.165, 1.54) is 166 Å². The number of hydrogen-bond donors (Lipinski definition) is 0. The molecule has 0 N–H and O–H groups in total. The second-order valence-electron chi connectivity index (χ2n) is 26.7. The lowest BCUT2D eigenvalue weighted by molar-refractivity contribution is 0.794. The van der Waals surface area contributed by atoms with E-state index in [4.69, 9.17) is 0 Å². The van der Waals surface area contributed by atoms with Crippen molar-refractivity contribution in [1.82, 2.24) is 9.13 Å². The highest BCUT2D eigenvalue weighted by molar-refractivity contribution is 6.12. The molecule has 2 aliphatic rings. The number of benzene rings is 16. The molecule has 2 heteroatoms. The van der Waals surface area contributed by atoms with E-state index in [1.807, 2.05) is 0 Å². The summed E-state index contributed by atoms with van der Waals surface area (Å²) in [5.41, 5.74) is 31.5. The second kappa shape index (κ2) is 22.6. The number of fused-ring (bicyclic) bond motifs is 18. The van der Waals surface area contributed by atoms with Crippen LogP contribution in [-0.2, 0) is 5.41 Å². The topological polar surface area (TPSA) is 9.86 Å². The predicted octanol–water partition coefficient (Wildman–Crippen LogP) is 25.5. The summed E-state index contributed by atoms with van der Waals surface area (Å²) in [5, 5.41) is 9.99. The van der Waals surface area contributed by atoms with E-state index in [0.717, 1.165) is 22.3 Å². The van der Waals surface area contributed by atoms with Crippen molar-refractivity contribution in [2.75, 3.05) is 0 Å². The monoisotopic (exact) mass is 1250 g/mol. The van der Waals surface area contributed by atoms with E-state index in [2.05, 4.69) is 385 Å². The van der Waals surface area contributed by atoms with Crippen LogP contribution in [0.3, 0.4) is 0 Å². The first-order valence-corrected chi connectivity index (χ1v) is 34.3. The van der Waals surface area contributed by atoms with Crippen LogP contribution >= 0.6 is 0 Å². The summed E-state index contributed by atoms with van der Waals surface area (Å²) < 4.78 is 4.81. The van der Waals surface area contributed by atoms with E-state index >= 15 is 0 Å². The molecular weight excluding hydrogens is 1190 g/mol. The molecule has 0 amide bonds. The van der Waals surface area contributed by atoms with E-state index in [-0.39, 0.29) is 0 Å². The van der Waals surface area contributed by atoms with Crippen LogP contribution < -0.4 is 0 Å². The van der Waals surface area contributed by atoms with Crippen molar-refractivity contribution in [3.8, 4) is 78.1 Å². The summed E-state index contributed by atoms with van der Waals surface area (Å²) in [6.07, 6.45) is 8.90. The average molecular weight is 1260 g/mol. The third-order valence-electron chi connectivity index (χ3n) is 21.3. The first-order chi connectivity index (χ1) is 49.0. The quantitative estimate of drug-likeness (QED) is 0.121. The molecule has 16 aromatic carbocycles. The Morgan fingerprint density at radius 1 is 0.192 bits per heavy atom. The zero-order valence-electron chi connectivity index (χ0n) is 54.2. The Hall–Kier alpha value is -12.9. The maximum atomic E-state index is 2.49. The van der Waals surface area contributed by atoms with Gasteiger partial charge in [0.1, 0.15) is 0 Å². The third-order valence-corrected chi connectivity index (χ3v) is 21.3. The maximum Gasteiger partial charge on any atom is 0.0725 e. The molecule has 0 bridgehead atoms. The van der Waals surface area contributed by atoms with Gasteiger partial charge in [-0.1, -0.05) is 303 Å². The smallest absolute Gasteiger partial charge is 0.0725 e. The lowest BCUT2D eigenvalue weighted by atomic mass is 9.70. The van der Waals surface area contributed by atoms with E-state index < -0.39 is 5.41 Å². The van der Waals surface area contributed by atoms with Crippen molar-refractivity contribution < 1.29 is 0 Å². The van der Waals surface area contributed by atoms with Crippen LogP contribution in [0, 0.1) is 0 Å². The summed E-state index contributed by atoms with van der Waals surface area (Å²) in [7, 11) is 0. The molecule has 0 aliphatic heterocycles. The molecule has 0 saturated heterocycles. The SMILES string of the molecule is C(=C\c1ccc(-c2ccc3c(c2)c2ccccc2n3-c2ccc3ccccc3c2)cc1)/c1ccc(-c2ccc3c(c2)C2(c4ccccc4-c4ccccc42)c2cc(-c4ccc(/C=C/c5ccc(-c6ccc7c(c6)c6ccccc6n7-c6ccc7ccccc7c6)cc5)cc4)ccc2-3)cc1. The van der Waals surface area contributed by atoms with Crippen molar-refractivity contribution in [3.63, 3.8) is 0 Å². The Morgan fingerprint density at radius 3 is 0.899 bits per heavy atom. The third kappa shape index (κ3) is 9.18. The van der Waals surface area contributed by atoms with E-state index in [9.17, 15) is 0 Å². The number of hydrogen-bond acceptors (Lipinski definition) is 0. The van der Waals surface area contributed by atoms with Gasteiger partial charge in [-0.05, 0) is 206 Å². The Bertz CT molecular complexity index is 5980. The number of rotatable bonds is 10. The van der Waals surface area contributed by atoms with Crippen molar-refractivity contribution >= 4 is 89.5 Å². The molecule has 2 aliphatic carbocycles. The Morgan fingerprint density at radius 2 is 0.495 bits per heavy atom. The van der Waals surface area contributed by atoms with Gasteiger partial charge in [0.2, 0.25) is 0 Å². The minimum Gasteiger partial charge on any atom is -0.309 e. The summed E-state index contributed by atoms with van der Waals surface area (Å²) in [4.78, 5) is 0. The molecule has 0 radical (unpaired) electrons. The fourth-order valence-electron chi connectivity index (χ4n) is 16.5. The molecule has 0 saturated carbocycles. The highest BCUT2D eigenvalue weighted by Gasteiger charge is 2.52. The molecule has 1 spiro atoms.